The first-order valence-electron chi connectivity index (χ1n) is 27.3. The number of carbonyl (C=O) groups excluding carboxylic acids is 2. The third kappa shape index (κ3) is 28.3. The molecule has 15 heteroatoms. The molecule has 0 aromatic carbocycles. The van der Waals surface area contributed by atoms with Crippen LogP contribution in [-0.4, -0.2) is 142 Å². The monoisotopic (exact) mass is 975 g/mol. The van der Waals surface area contributed by atoms with Gasteiger partial charge in [0.15, 0.2) is 18.7 Å². The van der Waals surface area contributed by atoms with Gasteiger partial charge in [0, 0.05) is 12.8 Å². The topological polar surface area (TPSA) is 231 Å². The quantitative estimate of drug-likeness (QED) is 0.0174. The van der Waals surface area contributed by atoms with Crippen LogP contribution in [0.3, 0.4) is 0 Å². The third-order valence-corrected chi connectivity index (χ3v) is 13.2. The molecule has 0 amide bonds. The summed E-state index contributed by atoms with van der Waals surface area (Å²) in [5, 5.41) is 72.1. The molecule has 0 saturated carbocycles. The number of aliphatic hydroxyl groups is 7. The van der Waals surface area contributed by atoms with Crippen molar-refractivity contribution in [3.05, 3.63) is 12.2 Å². The Labute approximate surface area is 410 Å². The van der Waals surface area contributed by atoms with Gasteiger partial charge in [0.2, 0.25) is 0 Å². The maximum Gasteiger partial charge on any atom is 0.306 e. The van der Waals surface area contributed by atoms with E-state index in [2.05, 4.69) is 26.0 Å². The smallest absolute Gasteiger partial charge is 0.306 e. The van der Waals surface area contributed by atoms with Gasteiger partial charge in [-0.25, -0.2) is 0 Å². The van der Waals surface area contributed by atoms with E-state index in [4.69, 9.17) is 28.4 Å². The molecule has 11 atom stereocenters. The zero-order valence-corrected chi connectivity index (χ0v) is 42.4. The molecule has 2 aliphatic rings. The van der Waals surface area contributed by atoms with Crippen molar-refractivity contribution < 1.29 is 73.8 Å². The second-order valence-electron chi connectivity index (χ2n) is 19.4. The molecule has 0 radical (unpaired) electrons. The van der Waals surface area contributed by atoms with Gasteiger partial charge in [-0.1, -0.05) is 180 Å². The van der Waals surface area contributed by atoms with Crippen LogP contribution in [-0.2, 0) is 38.0 Å². The Bertz CT molecular complexity index is 1240. The number of esters is 2. The van der Waals surface area contributed by atoms with Gasteiger partial charge in [-0.2, -0.15) is 0 Å². The summed E-state index contributed by atoms with van der Waals surface area (Å²) in [7, 11) is 0. The van der Waals surface area contributed by atoms with Crippen molar-refractivity contribution in [1.29, 1.82) is 0 Å². The molecule has 2 fully saturated rings. The molecule has 7 N–H and O–H groups in total. The Kier molecular flexibility index (Phi) is 37.4. The molecule has 2 saturated heterocycles. The fraction of sp³-hybridized carbons (Fsp3) is 0.925. The molecule has 2 aliphatic heterocycles. The number of carbonyl (C=O) groups is 2. The summed E-state index contributed by atoms with van der Waals surface area (Å²) in [6.07, 6.45) is 23.7. The Balaban J connectivity index is 1.78. The van der Waals surface area contributed by atoms with E-state index in [-0.39, 0.29) is 26.1 Å². The Morgan fingerprint density at radius 2 is 0.838 bits per heavy atom. The van der Waals surface area contributed by atoms with E-state index in [1.54, 1.807) is 0 Å². The van der Waals surface area contributed by atoms with Crippen LogP contribution in [0, 0.1) is 0 Å². The van der Waals surface area contributed by atoms with E-state index in [0.717, 1.165) is 51.4 Å². The minimum Gasteiger partial charge on any atom is -0.462 e. The lowest BCUT2D eigenvalue weighted by Crippen LogP contribution is -2.61. The fourth-order valence-electron chi connectivity index (χ4n) is 8.74. The lowest BCUT2D eigenvalue weighted by atomic mass is 9.98. The van der Waals surface area contributed by atoms with Crippen molar-refractivity contribution in [2.75, 3.05) is 26.4 Å². The average molecular weight is 975 g/mol. The summed E-state index contributed by atoms with van der Waals surface area (Å²) in [5.41, 5.74) is 0. The van der Waals surface area contributed by atoms with E-state index in [1.807, 2.05) is 0 Å². The molecule has 2 heterocycles. The molecule has 15 nitrogen and oxygen atoms in total. The average Bonchev–Trinajstić information content (AvgIpc) is 3.33. The lowest BCUT2D eigenvalue weighted by molar-refractivity contribution is -0.332. The summed E-state index contributed by atoms with van der Waals surface area (Å²) in [6.45, 7) is 2.61. The predicted molar refractivity (Wildman–Crippen MR) is 261 cm³/mol. The summed E-state index contributed by atoms with van der Waals surface area (Å²) < 4.78 is 33.6. The number of allylic oxidation sites excluding steroid dienone is 2. The van der Waals surface area contributed by atoms with Crippen molar-refractivity contribution in [3.8, 4) is 0 Å². The number of aliphatic hydroxyl groups excluding tert-OH is 7. The van der Waals surface area contributed by atoms with Crippen LogP contribution in [0.5, 0.6) is 0 Å². The highest BCUT2D eigenvalue weighted by atomic mass is 16.7. The highest BCUT2D eigenvalue weighted by molar-refractivity contribution is 5.70. The maximum atomic E-state index is 13.0. The van der Waals surface area contributed by atoms with Crippen molar-refractivity contribution in [2.24, 2.45) is 0 Å². The molecular weight excluding hydrogens is 877 g/mol. The molecule has 0 bridgehead atoms. The summed E-state index contributed by atoms with van der Waals surface area (Å²) in [6, 6.07) is 0. The van der Waals surface area contributed by atoms with E-state index < -0.39 is 92.7 Å². The van der Waals surface area contributed by atoms with Gasteiger partial charge in [-0.15, -0.1) is 0 Å². The number of hydrogen-bond donors (Lipinski definition) is 7. The van der Waals surface area contributed by atoms with Crippen LogP contribution >= 0.6 is 0 Å². The first kappa shape index (κ1) is 62.4. The molecule has 11 unspecified atom stereocenters. The first-order chi connectivity index (χ1) is 33.0. The van der Waals surface area contributed by atoms with E-state index in [1.165, 1.54) is 128 Å². The number of rotatable bonds is 43. The first-order valence-corrected chi connectivity index (χ1v) is 27.3. The van der Waals surface area contributed by atoms with Crippen LogP contribution in [0.25, 0.3) is 0 Å². The summed E-state index contributed by atoms with van der Waals surface area (Å²) >= 11 is 0. The minimum atomic E-state index is -1.76. The maximum absolute atomic E-state index is 13.0. The second kappa shape index (κ2) is 40.8. The molecule has 0 spiro atoms. The van der Waals surface area contributed by atoms with E-state index >= 15 is 0 Å². The zero-order valence-electron chi connectivity index (χ0n) is 42.4. The van der Waals surface area contributed by atoms with Crippen molar-refractivity contribution in [1.82, 2.24) is 0 Å². The minimum absolute atomic E-state index is 0.164. The molecular formula is C53H98O15. The Morgan fingerprint density at radius 3 is 1.29 bits per heavy atom. The van der Waals surface area contributed by atoms with Gasteiger partial charge in [-0.3, -0.25) is 9.59 Å². The third-order valence-electron chi connectivity index (χ3n) is 13.2. The van der Waals surface area contributed by atoms with Gasteiger partial charge in [0.1, 0.15) is 55.4 Å². The van der Waals surface area contributed by atoms with Gasteiger partial charge in [-0.05, 0) is 38.5 Å². The summed E-state index contributed by atoms with van der Waals surface area (Å²) in [5.74, 6) is -0.918. The standard InChI is InChI=1S/C53H98O15/c1-3-5-7-9-11-13-15-17-19-20-22-24-26-28-30-32-34-36-45(56)66-41(38-63-44(55)35-33-31-29-27-25-23-21-18-16-14-12-10-8-6-4-2)39-64-52-51(62)49(60)47(58)43(68-52)40-65-53-50(61)48(59)46(57)42(37-54)67-53/h17,19,41-43,46-54,57-62H,3-16,18,20-40H2,1-2H3/b19-17-. The highest BCUT2D eigenvalue weighted by Gasteiger charge is 2.47. The summed E-state index contributed by atoms with van der Waals surface area (Å²) in [4.78, 5) is 25.8. The normalized spacial score (nSPS) is 25.8. The van der Waals surface area contributed by atoms with Crippen molar-refractivity contribution in [2.45, 2.75) is 287 Å². The van der Waals surface area contributed by atoms with Crippen LogP contribution in [0.15, 0.2) is 12.2 Å². The van der Waals surface area contributed by atoms with Crippen molar-refractivity contribution in [3.63, 3.8) is 0 Å². The van der Waals surface area contributed by atoms with Crippen LogP contribution in [0.1, 0.15) is 219 Å². The highest BCUT2D eigenvalue weighted by Crippen LogP contribution is 2.27. The molecule has 400 valence electrons. The second-order valence-corrected chi connectivity index (χ2v) is 19.4. The van der Waals surface area contributed by atoms with Crippen LogP contribution in [0.4, 0.5) is 0 Å². The SMILES string of the molecule is CCCCCCCC/C=C\CCCCCCCCCC(=O)OC(COC(=O)CCCCCCCCCCCCCCCCC)COC1OC(COC2OC(CO)C(O)C(O)C2O)C(O)C(O)C1O. The van der Waals surface area contributed by atoms with Crippen molar-refractivity contribution >= 4 is 11.9 Å². The van der Waals surface area contributed by atoms with Crippen LogP contribution < -0.4 is 0 Å². The predicted octanol–water partition coefficient (Wildman–Crippen LogP) is 8.16. The largest absolute Gasteiger partial charge is 0.462 e. The van der Waals surface area contributed by atoms with Gasteiger partial charge < -0.3 is 64.2 Å². The molecule has 0 aliphatic carbocycles. The molecule has 2 rings (SSSR count). The molecule has 68 heavy (non-hydrogen) atoms. The number of unbranched alkanes of at least 4 members (excludes halogenated alkanes) is 27. The van der Waals surface area contributed by atoms with E-state index in [9.17, 15) is 45.3 Å². The van der Waals surface area contributed by atoms with E-state index in [0.29, 0.717) is 12.8 Å². The van der Waals surface area contributed by atoms with Gasteiger partial charge in [0.25, 0.3) is 0 Å². The fourth-order valence-corrected chi connectivity index (χ4v) is 8.74. The van der Waals surface area contributed by atoms with Gasteiger partial charge in [0.05, 0.1) is 19.8 Å². The van der Waals surface area contributed by atoms with Gasteiger partial charge >= 0.3 is 11.9 Å². The zero-order chi connectivity index (χ0) is 49.6. The van der Waals surface area contributed by atoms with Crippen LogP contribution in [0.2, 0.25) is 0 Å². The number of ether oxygens (including phenoxy) is 6. The lowest BCUT2D eigenvalue weighted by Gasteiger charge is -2.42. The Morgan fingerprint density at radius 1 is 0.456 bits per heavy atom. The number of hydrogen-bond acceptors (Lipinski definition) is 15. The molecule has 0 aromatic rings. The Hall–Kier alpha value is -1.76. The molecule has 0 aromatic heterocycles.